The zero-order valence-corrected chi connectivity index (χ0v) is 15.5. The van der Waals surface area contributed by atoms with Gasteiger partial charge >= 0.3 is 6.18 Å². The fraction of sp³-hybridized carbons (Fsp3) is 0.238. The Bertz CT molecular complexity index is 991. The lowest BCUT2D eigenvalue weighted by atomic mass is 9.96. The average Bonchev–Trinajstić information content (AvgIpc) is 2.68. The molecule has 1 aliphatic rings. The Hall–Kier alpha value is -3.29. The summed E-state index contributed by atoms with van der Waals surface area (Å²) in [7, 11) is 0. The molecule has 2 aromatic rings. The third kappa shape index (κ3) is 4.11. The molecule has 0 amide bonds. The number of rotatable bonds is 5. The molecule has 1 unspecified atom stereocenters. The standard InChI is InChI=1S/C21H17F3O5/c1-3-12-4-7-14(8-5-12)28-16-9-6-13-10-15(17(25)20(26)27)19(21(22,23)24)29-18(13)11(16)2/h4-10,19H,3H2,1-2H3,(H,26,27)/p-1. The average molecular weight is 405 g/mol. The van der Waals surface area contributed by atoms with Crippen LogP contribution in [0.15, 0.2) is 42.0 Å². The Balaban J connectivity index is 2.00. The molecule has 0 fully saturated rings. The normalized spacial score (nSPS) is 15.8. The largest absolute Gasteiger partial charge is 0.541 e. The minimum atomic E-state index is -4.99. The van der Waals surface area contributed by atoms with E-state index in [1.54, 1.807) is 12.1 Å². The summed E-state index contributed by atoms with van der Waals surface area (Å²) in [6.45, 7) is 3.52. The van der Waals surface area contributed by atoms with Crippen LogP contribution < -0.4 is 14.6 Å². The highest BCUT2D eigenvalue weighted by atomic mass is 19.4. The van der Waals surface area contributed by atoms with E-state index >= 15 is 0 Å². The van der Waals surface area contributed by atoms with Gasteiger partial charge in [0.25, 0.3) is 0 Å². The van der Waals surface area contributed by atoms with Crippen LogP contribution in [0.2, 0.25) is 0 Å². The van der Waals surface area contributed by atoms with Crippen molar-refractivity contribution in [3.8, 4) is 17.2 Å². The first-order chi connectivity index (χ1) is 13.6. The molecule has 0 saturated heterocycles. The van der Waals surface area contributed by atoms with Gasteiger partial charge in [0.1, 0.15) is 23.2 Å². The molecule has 0 aliphatic carbocycles. The van der Waals surface area contributed by atoms with Gasteiger partial charge in [0.15, 0.2) is 0 Å². The van der Waals surface area contributed by atoms with Gasteiger partial charge in [-0.25, -0.2) is 0 Å². The number of benzene rings is 2. The Labute approximate surface area is 164 Å². The Morgan fingerprint density at radius 1 is 1.14 bits per heavy atom. The van der Waals surface area contributed by atoms with E-state index < -0.39 is 29.6 Å². The number of halogens is 3. The molecule has 0 aromatic heterocycles. The number of alkyl halides is 3. The monoisotopic (exact) mass is 405 g/mol. The molecule has 1 heterocycles. The predicted octanol–water partition coefficient (Wildman–Crippen LogP) is 3.38. The number of carbonyl (C=O) groups is 2. The van der Waals surface area contributed by atoms with E-state index in [0.29, 0.717) is 5.75 Å². The number of ether oxygens (including phenoxy) is 2. The second-order valence-electron chi connectivity index (χ2n) is 6.46. The number of carboxylic acids is 1. The van der Waals surface area contributed by atoms with Gasteiger partial charge in [-0.15, -0.1) is 0 Å². The first kappa shape index (κ1) is 20.4. The fourth-order valence-electron chi connectivity index (χ4n) is 2.97. The number of hydrogen-bond acceptors (Lipinski definition) is 5. The highest BCUT2D eigenvalue weighted by Gasteiger charge is 2.48. The smallest absolute Gasteiger partial charge is 0.429 e. The first-order valence-corrected chi connectivity index (χ1v) is 8.72. The van der Waals surface area contributed by atoms with Crippen molar-refractivity contribution in [1.29, 1.82) is 0 Å². The van der Waals surface area contributed by atoms with E-state index in [0.717, 1.165) is 18.1 Å². The number of hydrogen-bond donors (Lipinski definition) is 0. The Morgan fingerprint density at radius 3 is 2.34 bits per heavy atom. The van der Waals surface area contributed by atoms with Crippen LogP contribution in [0.25, 0.3) is 6.08 Å². The third-order valence-corrected chi connectivity index (χ3v) is 4.52. The van der Waals surface area contributed by atoms with Gasteiger partial charge in [-0.05, 0) is 49.2 Å². The van der Waals surface area contributed by atoms with Gasteiger partial charge in [0.05, 0.1) is 5.57 Å². The van der Waals surface area contributed by atoms with Crippen LogP contribution in [0.1, 0.15) is 23.6 Å². The number of carbonyl (C=O) groups excluding carboxylic acids is 2. The zero-order valence-electron chi connectivity index (χ0n) is 15.5. The number of Topliss-reactive ketones (excluding diaryl/α,β-unsaturated/α-hetero) is 1. The zero-order chi connectivity index (χ0) is 21.3. The van der Waals surface area contributed by atoms with Crippen molar-refractivity contribution in [2.75, 3.05) is 0 Å². The van der Waals surface area contributed by atoms with Crippen LogP contribution in [-0.4, -0.2) is 24.0 Å². The molecular weight excluding hydrogens is 389 g/mol. The molecule has 0 saturated carbocycles. The molecule has 1 aliphatic heterocycles. The molecule has 0 radical (unpaired) electrons. The first-order valence-electron chi connectivity index (χ1n) is 8.72. The van der Waals surface area contributed by atoms with Crippen LogP contribution in [0.5, 0.6) is 17.2 Å². The molecule has 0 bridgehead atoms. The lowest BCUT2D eigenvalue weighted by molar-refractivity contribution is -0.299. The van der Waals surface area contributed by atoms with Crippen LogP contribution in [0.4, 0.5) is 13.2 Å². The molecule has 152 valence electrons. The molecule has 5 nitrogen and oxygen atoms in total. The molecule has 2 aromatic carbocycles. The number of ketones is 1. The molecule has 0 spiro atoms. The van der Waals surface area contributed by atoms with E-state index in [1.807, 2.05) is 19.1 Å². The van der Waals surface area contributed by atoms with Crippen molar-refractivity contribution in [1.82, 2.24) is 0 Å². The van der Waals surface area contributed by atoms with Gasteiger partial charge in [0.2, 0.25) is 11.9 Å². The quantitative estimate of drug-likeness (QED) is 0.713. The predicted molar refractivity (Wildman–Crippen MR) is 95.5 cm³/mol. The van der Waals surface area contributed by atoms with E-state index in [1.165, 1.54) is 19.1 Å². The van der Waals surface area contributed by atoms with Gasteiger partial charge < -0.3 is 19.4 Å². The van der Waals surface area contributed by atoms with E-state index in [9.17, 15) is 27.9 Å². The molecular formula is C21H16F3O5-. The topological polar surface area (TPSA) is 75.7 Å². The highest BCUT2D eigenvalue weighted by Crippen LogP contribution is 2.42. The van der Waals surface area contributed by atoms with E-state index in [2.05, 4.69) is 0 Å². The van der Waals surface area contributed by atoms with Crippen LogP contribution in [0, 0.1) is 6.92 Å². The Morgan fingerprint density at radius 2 is 1.79 bits per heavy atom. The van der Waals surface area contributed by atoms with Crippen molar-refractivity contribution >= 4 is 17.8 Å². The van der Waals surface area contributed by atoms with Gasteiger partial charge in [0, 0.05) is 11.1 Å². The van der Waals surface area contributed by atoms with Crippen LogP contribution >= 0.6 is 0 Å². The summed E-state index contributed by atoms with van der Waals surface area (Å²) >= 11 is 0. The second-order valence-corrected chi connectivity index (χ2v) is 6.46. The molecule has 8 heteroatoms. The van der Waals surface area contributed by atoms with Crippen molar-refractivity contribution in [2.45, 2.75) is 32.5 Å². The maximum Gasteiger partial charge on any atom is 0.429 e. The molecule has 1 atom stereocenters. The highest BCUT2D eigenvalue weighted by molar-refractivity contribution is 6.40. The summed E-state index contributed by atoms with van der Waals surface area (Å²) in [5.74, 6) is -3.37. The number of carboxylic acid groups (broad SMARTS) is 1. The lowest BCUT2D eigenvalue weighted by Gasteiger charge is -2.29. The third-order valence-electron chi connectivity index (χ3n) is 4.52. The summed E-state index contributed by atoms with van der Waals surface area (Å²) in [5.41, 5.74) is 0.494. The maximum atomic E-state index is 13.4. The summed E-state index contributed by atoms with van der Waals surface area (Å²) < 4.78 is 51.0. The van der Waals surface area contributed by atoms with Gasteiger partial charge in [-0.1, -0.05) is 19.1 Å². The van der Waals surface area contributed by atoms with E-state index in [-0.39, 0.29) is 22.6 Å². The SMILES string of the molecule is CCc1ccc(Oc2ccc3c(c2C)OC(C(F)(F)F)C(C(=O)C(=O)[O-])=C3)cc1. The summed E-state index contributed by atoms with van der Waals surface area (Å²) in [4.78, 5) is 22.5. The van der Waals surface area contributed by atoms with Crippen molar-refractivity contribution in [3.05, 3.63) is 58.7 Å². The minimum Gasteiger partial charge on any atom is -0.541 e. The number of fused-ring (bicyclic) bond motifs is 1. The second kappa shape index (κ2) is 7.62. The van der Waals surface area contributed by atoms with Crippen LogP contribution in [-0.2, 0) is 16.0 Å². The Kier molecular flexibility index (Phi) is 5.37. The molecule has 29 heavy (non-hydrogen) atoms. The molecule has 0 N–H and O–H groups in total. The maximum absolute atomic E-state index is 13.4. The summed E-state index contributed by atoms with van der Waals surface area (Å²) in [6, 6.07) is 10.1. The van der Waals surface area contributed by atoms with Crippen molar-refractivity contribution in [2.24, 2.45) is 0 Å². The van der Waals surface area contributed by atoms with Gasteiger partial charge in [-0.3, -0.25) is 4.79 Å². The number of aryl methyl sites for hydroxylation is 1. The minimum absolute atomic E-state index is 0.134. The number of aliphatic carboxylic acids is 1. The van der Waals surface area contributed by atoms with Crippen molar-refractivity contribution in [3.63, 3.8) is 0 Å². The van der Waals surface area contributed by atoms with Crippen molar-refractivity contribution < 1.29 is 37.3 Å². The van der Waals surface area contributed by atoms with E-state index in [4.69, 9.17) is 9.47 Å². The summed E-state index contributed by atoms with van der Waals surface area (Å²) in [6.07, 6.45) is -5.99. The molecule has 3 rings (SSSR count). The van der Waals surface area contributed by atoms with Gasteiger partial charge in [-0.2, -0.15) is 13.2 Å². The summed E-state index contributed by atoms with van der Waals surface area (Å²) in [5, 5.41) is 10.8. The lowest BCUT2D eigenvalue weighted by Crippen LogP contribution is -2.44. The van der Waals surface area contributed by atoms with Crippen LogP contribution in [0.3, 0.4) is 0 Å². The fourth-order valence-corrected chi connectivity index (χ4v) is 2.97.